The fourth-order valence-electron chi connectivity index (χ4n) is 4.75. The highest BCUT2D eigenvalue weighted by molar-refractivity contribution is 7.86. The Labute approximate surface area is 213 Å². The Bertz CT molecular complexity index is 1470. The highest BCUT2D eigenvalue weighted by Crippen LogP contribution is 2.39. The predicted octanol–water partition coefficient (Wildman–Crippen LogP) is 6.92. The van der Waals surface area contributed by atoms with Crippen molar-refractivity contribution in [3.8, 4) is 16.8 Å². The number of allylic oxidation sites excluding steroid dienone is 1. The average Bonchev–Trinajstić information content (AvgIpc) is 3.28. The van der Waals surface area contributed by atoms with E-state index >= 15 is 0 Å². The lowest BCUT2D eigenvalue weighted by Gasteiger charge is -2.29. The van der Waals surface area contributed by atoms with E-state index < -0.39 is 10.1 Å². The van der Waals surface area contributed by atoms with Crippen LogP contribution in [0.4, 0.5) is 0 Å². The van der Waals surface area contributed by atoms with Crippen LogP contribution in [0.3, 0.4) is 0 Å². The number of benzene rings is 3. The van der Waals surface area contributed by atoms with Crippen molar-refractivity contribution in [3.63, 3.8) is 0 Å². The minimum atomic E-state index is -4.43. The van der Waals surface area contributed by atoms with Crippen LogP contribution in [-0.4, -0.2) is 28.0 Å². The van der Waals surface area contributed by atoms with Crippen LogP contribution >= 0.6 is 0 Å². The molecule has 188 valence electrons. The summed E-state index contributed by atoms with van der Waals surface area (Å²) in [5, 5.41) is 9.51. The highest BCUT2D eigenvalue weighted by atomic mass is 32.2. The zero-order valence-corrected chi connectivity index (χ0v) is 21.9. The van der Waals surface area contributed by atoms with Crippen LogP contribution in [0.5, 0.6) is 0 Å². The van der Waals surface area contributed by atoms with E-state index in [2.05, 4.69) is 33.4 Å². The van der Waals surface area contributed by atoms with Crippen LogP contribution in [-0.2, 0) is 22.0 Å². The van der Waals surface area contributed by atoms with E-state index in [1.54, 1.807) is 23.0 Å². The molecule has 0 unspecified atom stereocenters. The lowest BCUT2D eigenvalue weighted by atomic mass is 9.77. The van der Waals surface area contributed by atoms with Crippen molar-refractivity contribution in [2.75, 3.05) is 0 Å². The van der Waals surface area contributed by atoms with Gasteiger partial charge in [0.1, 0.15) is 15.9 Å². The van der Waals surface area contributed by atoms with E-state index in [1.165, 1.54) is 6.07 Å². The van der Waals surface area contributed by atoms with Gasteiger partial charge in [-0.2, -0.15) is 13.2 Å². The van der Waals surface area contributed by atoms with E-state index in [-0.39, 0.29) is 10.3 Å². The molecule has 1 N–H and O–H groups in total. The monoisotopic (exact) mass is 503 g/mol. The second-order valence-corrected chi connectivity index (χ2v) is 11.2. The van der Waals surface area contributed by atoms with Gasteiger partial charge in [0.25, 0.3) is 10.1 Å². The molecule has 0 aliphatic rings. The van der Waals surface area contributed by atoms with Crippen LogP contribution in [0, 0.1) is 0 Å². The molecule has 0 spiro atoms. The number of unbranched alkanes of at least 4 members (excludes halogenated alkanes) is 2. The van der Waals surface area contributed by atoms with Gasteiger partial charge < -0.3 is 0 Å². The van der Waals surface area contributed by atoms with Crippen molar-refractivity contribution in [2.24, 2.45) is 0 Å². The summed E-state index contributed by atoms with van der Waals surface area (Å²) in [6.07, 6.45) is 6.74. The van der Waals surface area contributed by atoms with Crippen molar-refractivity contribution >= 4 is 21.2 Å². The Morgan fingerprint density at radius 2 is 1.61 bits per heavy atom. The molecular weight excluding hydrogens is 470 g/mol. The van der Waals surface area contributed by atoms with Gasteiger partial charge in [-0.3, -0.25) is 4.55 Å². The summed E-state index contributed by atoms with van der Waals surface area (Å²) in [7, 11) is -4.43. The van der Waals surface area contributed by atoms with Crippen LogP contribution < -0.4 is 0 Å². The normalized spacial score (nSPS) is 12.2. The molecule has 4 aromatic rings. The first-order chi connectivity index (χ1) is 17.2. The third-order valence-electron chi connectivity index (χ3n) is 6.68. The van der Waals surface area contributed by atoms with E-state index in [9.17, 15) is 13.0 Å². The van der Waals surface area contributed by atoms with Crippen LogP contribution in [0.1, 0.15) is 57.6 Å². The third-order valence-corrected chi connectivity index (χ3v) is 7.59. The van der Waals surface area contributed by atoms with E-state index in [1.807, 2.05) is 36.4 Å². The molecule has 0 fully saturated rings. The molecular formula is C29H33N3O3S. The van der Waals surface area contributed by atoms with Crippen LogP contribution in [0.25, 0.3) is 27.8 Å². The molecule has 1 aromatic heterocycles. The lowest BCUT2D eigenvalue weighted by Crippen LogP contribution is -2.21. The summed E-state index contributed by atoms with van der Waals surface area (Å²) in [5.41, 5.74) is 5.33. The quantitative estimate of drug-likeness (QED) is 0.144. The smallest absolute Gasteiger partial charge is 0.282 e. The summed E-state index contributed by atoms with van der Waals surface area (Å²) < 4.78 is 34.5. The SMILES string of the molecule is C=CCc1cc(C(C)(C)CCCCC)c(-n2nc3ccccc3n2)cc1-c1ccccc1S(=O)(=O)O. The molecule has 0 atom stereocenters. The van der Waals surface area contributed by atoms with Crippen molar-refractivity contribution < 1.29 is 13.0 Å². The maximum absolute atomic E-state index is 12.2. The van der Waals surface area contributed by atoms with Gasteiger partial charge in [-0.05, 0) is 59.2 Å². The third kappa shape index (κ3) is 5.27. The minimum absolute atomic E-state index is 0.130. The Kier molecular flexibility index (Phi) is 7.43. The van der Waals surface area contributed by atoms with Gasteiger partial charge in [-0.15, -0.1) is 16.8 Å². The minimum Gasteiger partial charge on any atom is -0.282 e. The van der Waals surface area contributed by atoms with Crippen molar-refractivity contribution in [1.82, 2.24) is 15.0 Å². The summed E-state index contributed by atoms with van der Waals surface area (Å²) in [6, 6.07) is 18.3. The molecule has 0 saturated carbocycles. The number of aromatic nitrogens is 3. The topological polar surface area (TPSA) is 85.1 Å². The second kappa shape index (κ2) is 10.4. The number of rotatable bonds is 10. The van der Waals surface area contributed by atoms with Crippen molar-refractivity contribution in [3.05, 3.63) is 84.4 Å². The maximum atomic E-state index is 12.2. The Morgan fingerprint density at radius 1 is 0.972 bits per heavy atom. The van der Waals surface area contributed by atoms with Crippen molar-refractivity contribution in [1.29, 1.82) is 0 Å². The van der Waals surface area contributed by atoms with Crippen LogP contribution in [0.15, 0.2) is 78.2 Å². The molecule has 6 nitrogen and oxygen atoms in total. The highest BCUT2D eigenvalue weighted by Gasteiger charge is 2.28. The van der Waals surface area contributed by atoms with E-state index in [4.69, 9.17) is 10.2 Å². The largest absolute Gasteiger partial charge is 0.295 e. The summed E-state index contributed by atoms with van der Waals surface area (Å²) in [4.78, 5) is 1.52. The average molecular weight is 504 g/mol. The first-order valence-corrected chi connectivity index (χ1v) is 13.8. The molecule has 7 heteroatoms. The zero-order valence-electron chi connectivity index (χ0n) is 21.1. The van der Waals surface area contributed by atoms with Gasteiger partial charge in [0.2, 0.25) is 0 Å². The van der Waals surface area contributed by atoms with Gasteiger partial charge in [0.15, 0.2) is 0 Å². The summed E-state index contributed by atoms with van der Waals surface area (Å²) in [5.74, 6) is 0. The molecule has 0 aliphatic heterocycles. The molecule has 0 amide bonds. The fraction of sp³-hybridized carbons (Fsp3) is 0.310. The summed E-state index contributed by atoms with van der Waals surface area (Å²) >= 11 is 0. The lowest BCUT2D eigenvalue weighted by molar-refractivity contribution is 0.446. The Balaban J connectivity index is 2.02. The van der Waals surface area contributed by atoms with E-state index in [0.29, 0.717) is 17.5 Å². The number of fused-ring (bicyclic) bond motifs is 1. The summed E-state index contributed by atoms with van der Waals surface area (Å²) in [6.45, 7) is 10.6. The van der Waals surface area contributed by atoms with Crippen molar-refractivity contribution in [2.45, 2.75) is 63.2 Å². The Hall–Kier alpha value is -3.29. The molecule has 3 aromatic carbocycles. The fourth-order valence-corrected chi connectivity index (χ4v) is 5.46. The number of hydrogen-bond acceptors (Lipinski definition) is 4. The van der Waals surface area contributed by atoms with Crippen LogP contribution in [0.2, 0.25) is 0 Å². The number of hydrogen-bond donors (Lipinski definition) is 1. The van der Waals surface area contributed by atoms with E-state index in [0.717, 1.165) is 53.5 Å². The second-order valence-electron chi connectivity index (χ2n) is 9.81. The molecule has 0 aliphatic carbocycles. The maximum Gasteiger partial charge on any atom is 0.295 e. The zero-order chi connectivity index (χ0) is 25.9. The molecule has 0 radical (unpaired) electrons. The molecule has 36 heavy (non-hydrogen) atoms. The predicted molar refractivity (Wildman–Crippen MR) is 145 cm³/mol. The van der Waals surface area contributed by atoms with Gasteiger partial charge >= 0.3 is 0 Å². The Morgan fingerprint density at radius 3 is 2.22 bits per heavy atom. The van der Waals surface area contributed by atoms with Gasteiger partial charge in [0.05, 0.1) is 5.69 Å². The van der Waals surface area contributed by atoms with Gasteiger partial charge in [-0.25, -0.2) is 0 Å². The molecule has 4 rings (SSSR count). The first-order valence-electron chi connectivity index (χ1n) is 12.3. The molecule has 0 saturated heterocycles. The molecule has 0 bridgehead atoms. The van der Waals surface area contributed by atoms with Gasteiger partial charge in [-0.1, -0.05) is 82.5 Å². The van der Waals surface area contributed by atoms with Gasteiger partial charge in [0, 0.05) is 5.56 Å². The first kappa shape index (κ1) is 25.8. The molecule has 1 heterocycles. The number of nitrogens with zero attached hydrogens (tertiary/aromatic N) is 3. The standard InChI is InChI=1S/C29H33N3O3S/c1-5-7-12-18-29(3,4)24-19-21(13-6-2)23(22-14-8-11-17-28(22)36(33,34)35)20-27(24)32-30-25-15-9-10-16-26(25)31-32/h6,8-11,14-17,19-20H,2,5,7,12-13,18H2,1,3-4H3,(H,33,34,35).